The van der Waals surface area contributed by atoms with E-state index >= 15 is 0 Å². The van der Waals surface area contributed by atoms with Crippen molar-refractivity contribution in [2.45, 2.75) is 33.4 Å². The summed E-state index contributed by atoms with van der Waals surface area (Å²) in [7, 11) is 1.70. The molecule has 0 aliphatic heterocycles. The smallest absolute Gasteiger partial charge is 0.191 e. The molecule has 7 nitrogen and oxygen atoms in total. The van der Waals surface area contributed by atoms with E-state index in [0.29, 0.717) is 26.3 Å². The zero-order chi connectivity index (χ0) is 22.6. The van der Waals surface area contributed by atoms with Crippen molar-refractivity contribution in [3.05, 3.63) is 77.9 Å². The molecule has 0 atom stereocenters. The summed E-state index contributed by atoms with van der Waals surface area (Å²) in [5.41, 5.74) is 4.48. The molecule has 0 aliphatic rings. The number of ether oxygens (including phenoxy) is 2. The van der Waals surface area contributed by atoms with Gasteiger partial charge in [-0.15, -0.1) is 0 Å². The van der Waals surface area contributed by atoms with Crippen LogP contribution in [0.4, 0.5) is 0 Å². The van der Waals surface area contributed by atoms with E-state index in [-0.39, 0.29) is 0 Å². The van der Waals surface area contributed by atoms with Gasteiger partial charge < -0.3 is 24.7 Å². The third kappa shape index (κ3) is 6.85. The second kappa shape index (κ2) is 12.5. The van der Waals surface area contributed by atoms with Crippen LogP contribution in [0.15, 0.2) is 66.2 Å². The van der Waals surface area contributed by atoms with Crippen molar-refractivity contribution in [3.8, 4) is 11.4 Å². The number of hydrogen-bond donors (Lipinski definition) is 2. The molecule has 0 saturated heterocycles. The lowest BCUT2D eigenvalue weighted by Gasteiger charge is -2.15. The number of guanidine groups is 1. The zero-order valence-electron chi connectivity index (χ0n) is 19.2. The Morgan fingerprint density at radius 2 is 1.97 bits per heavy atom. The third-order valence-electron chi connectivity index (χ3n) is 4.95. The highest BCUT2D eigenvalue weighted by molar-refractivity contribution is 5.79. The number of imidazole rings is 1. The van der Waals surface area contributed by atoms with Gasteiger partial charge in [-0.1, -0.05) is 30.3 Å². The molecule has 0 aliphatic carbocycles. The summed E-state index contributed by atoms with van der Waals surface area (Å²) in [6, 6.07) is 14.5. The molecule has 2 aromatic carbocycles. The second-order valence-electron chi connectivity index (χ2n) is 7.45. The maximum Gasteiger partial charge on any atom is 0.191 e. The zero-order valence-corrected chi connectivity index (χ0v) is 19.2. The van der Waals surface area contributed by atoms with Gasteiger partial charge in [0, 0.05) is 51.2 Å². The third-order valence-corrected chi connectivity index (χ3v) is 4.95. The van der Waals surface area contributed by atoms with Crippen molar-refractivity contribution in [1.29, 1.82) is 0 Å². The molecule has 1 aromatic heterocycles. The van der Waals surface area contributed by atoms with E-state index < -0.39 is 0 Å². The number of aliphatic imine (C=N–C) groups is 1. The standard InChI is InChI=1S/C25H33N5O2/c1-4-27-25(28-17-21-8-5-6-9-23(21)30-13-12-26-19-30)29-18-22-11-10-20(2)16-24(22)32-15-7-14-31-3/h5-6,8-13,16,19H,4,7,14-15,17-18H2,1-3H3,(H2,27,28,29). The number of nitrogens with one attached hydrogen (secondary N) is 2. The van der Waals surface area contributed by atoms with Crippen LogP contribution in [0.3, 0.4) is 0 Å². The SMILES string of the molecule is CCNC(=NCc1ccc(C)cc1OCCCOC)NCc1ccccc1-n1ccnc1. The van der Waals surface area contributed by atoms with Gasteiger partial charge in [0.2, 0.25) is 0 Å². The molecule has 1 heterocycles. The number of aryl methyl sites for hydroxylation is 1. The summed E-state index contributed by atoms with van der Waals surface area (Å²) in [6.45, 7) is 7.40. The molecule has 0 bridgehead atoms. The normalized spacial score (nSPS) is 11.4. The quantitative estimate of drug-likeness (QED) is 0.272. The Hall–Kier alpha value is -3.32. The van der Waals surface area contributed by atoms with Crippen LogP contribution in [0.2, 0.25) is 0 Å². The summed E-state index contributed by atoms with van der Waals surface area (Å²) in [5.74, 6) is 1.64. The Bertz CT molecular complexity index is 986. The number of nitrogens with zero attached hydrogens (tertiary/aromatic N) is 3. The minimum Gasteiger partial charge on any atom is -0.493 e. The van der Waals surface area contributed by atoms with Crippen molar-refractivity contribution in [2.75, 3.05) is 26.9 Å². The molecule has 0 saturated carbocycles. The highest BCUT2D eigenvalue weighted by Crippen LogP contribution is 2.21. The first-order chi connectivity index (χ1) is 15.7. The van der Waals surface area contributed by atoms with Crippen molar-refractivity contribution in [1.82, 2.24) is 20.2 Å². The number of aromatic nitrogens is 2. The molecule has 0 radical (unpaired) electrons. The average molecular weight is 436 g/mol. The Morgan fingerprint density at radius 1 is 1.09 bits per heavy atom. The van der Waals surface area contributed by atoms with Gasteiger partial charge in [0.05, 0.1) is 25.2 Å². The molecule has 7 heteroatoms. The molecule has 170 valence electrons. The maximum atomic E-state index is 6.00. The van der Waals surface area contributed by atoms with Crippen LogP contribution in [0.25, 0.3) is 5.69 Å². The van der Waals surface area contributed by atoms with Crippen LogP contribution in [0, 0.1) is 6.92 Å². The molecule has 0 fully saturated rings. The second-order valence-corrected chi connectivity index (χ2v) is 7.45. The molecular formula is C25H33N5O2. The van der Waals surface area contributed by atoms with Crippen molar-refractivity contribution >= 4 is 5.96 Å². The summed E-state index contributed by atoms with van der Waals surface area (Å²) in [6.07, 6.45) is 6.40. The Morgan fingerprint density at radius 3 is 2.75 bits per heavy atom. The van der Waals surface area contributed by atoms with Gasteiger partial charge in [-0.25, -0.2) is 9.98 Å². The van der Waals surface area contributed by atoms with Crippen molar-refractivity contribution in [3.63, 3.8) is 0 Å². The van der Waals surface area contributed by atoms with E-state index in [1.54, 1.807) is 13.3 Å². The van der Waals surface area contributed by atoms with Crippen LogP contribution in [0.5, 0.6) is 5.75 Å². The van der Waals surface area contributed by atoms with Gasteiger partial charge in [-0.2, -0.15) is 0 Å². The van der Waals surface area contributed by atoms with Crippen molar-refractivity contribution in [2.24, 2.45) is 4.99 Å². The first kappa shape index (κ1) is 23.3. The Balaban J connectivity index is 1.69. The van der Waals surface area contributed by atoms with E-state index in [1.165, 1.54) is 5.56 Å². The van der Waals surface area contributed by atoms with Crippen LogP contribution < -0.4 is 15.4 Å². The van der Waals surface area contributed by atoms with Gasteiger partial charge in [0.15, 0.2) is 5.96 Å². The van der Waals surface area contributed by atoms with Crippen LogP contribution in [-0.4, -0.2) is 42.4 Å². The van der Waals surface area contributed by atoms with Crippen LogP contribution in [-0.2, 0) is 17.8 Å². The Labute approximate surface area is 190 Å². The van der Waals surface area contributed by atoms with Gasteiger partial charge in [-0.05, 0) is 37.1 Å². The lowest BCUT2D eigenvalue weighted by molar-refractivity contribution is 0.172. The number of para-hydroxylation sites is 1. The highest BCUT2D eigenvalue weighted by atomic mass is 16.5. The number of methoxy groups -OCH3 is 1. The molecule has 3 rings (SSSR count). The predicted molar refractivity (Wildman–Crippen MR) is 128 cm³/mol. The maximum absolute atomic E-state index is 6.00. The lowest BCUT2D eigenvalue weighted by atomic mass is 10.1. The Kier molecular flexibility index (Phi) is 9.13. The number of benzene rings is 2. The van der Waals surface area contributed by atoms with E-state index in [9.17, 15) is 0 Å². The fourth-order valence-electron chi connectivity index (χ4n) is 3.31. The van der Waals surface area contributed by atoms with Gasteiger partial charge >= 0.3 is 0 Å². The summed E-state index contributed by atoms with van der Waals surface area (Å²) >= 11 is 0. The van der Waals surface area contributed by atoms with Crippen molar-refractivity contribution < 1.29 is 9.47 Å². The first-order valence-corrected chi connectivity index (χ1v) is 11.0. The van der Waals surface area contributed by atoms with Crippen LogP contribution >= 0.6 is 0 Å². The lowest BCUT2D eigenvalue weighted by Crippen LogP contribution is -2.37. The van der Waals surface area contributed by atoms with E-state index in [4.69, 9.17) is 14.5 Å². The van der Waals surface area contributed by atoms with E-state index in [0.717, 1.165) is 41.5 Å². The fraction of sp³-hybridized carbons (Fsp3) is 0.360. The molecule has 32 heavy (non-hydrogen) atoms. The highest BCUT2D eigenvalue weighted by Gasteiger charge is 2.07. The molecular weight excluding hydrogens is 402 g/mol. The average Bonchev–Trinajstić information content (AvgIpc) is 3.34. The first-order valence-electron chi connectivity index (χ1n) is 11.0. The van der Waals surface area contributed by atoms with Gasteiger partial charge in [-0.3, -0.25) is 0 Å². The molecule has 0 amide bonds. The minimum atomic E-state index is 0.526. The van der Waals surface area contributed by atoms with E-state index in [1.807, 2.05) is 29.2 Å². The molecule has 2 N–H and O–H groups in total. The van der Waals surface area contributed by atoms with Gasteiger partial charge in [0.25, 0.3) is 0 Å². The van der Waals surface area contributed by atoms with Gasteiger partial charge in [0.1, 0.15) is 5.75 Å². The topological polar surface area (TPSA) is 72.7 Å². The van der Waals surface area contributed by atoms with Crippen LogP contribution in [0.1, 0.15) is 30.0 Å². The number of hydrogen-bond acceptors (Lipinski definition) is 4. The summed E-state index contributed by atoms with van der Waals surface area (Å²) < 4.78 is 13.1. The molecule has 0 spiro atoms. The largest absolute Gasteiger partial charge is 0.493 e. The fourth-order valence-corrected chi connectivity index (χ4v) is 3.31. The summed E-state index contributed by atoms with van der Waals surface area (Å²) in [4.78, 5) is 8.96. The van der Waals surface area contributed by atoms with E-state index in [2.05, 4.69) is 59.8 Å². The monoisotopic (exact) mass is 435 g/mol. The number of rotatable bonds is 11. The minimum absolute atomic E-state index is 0.526. The molecule has 3 aromatic rings. The molecule has 0 unspecified atom stereocenters. The predicted octanol–water partition coefficient (Wildman–Crippen LogP) is 3.85. The summed E-state index contributed by atoms with van der Waals surface area (Å²) in [5, 5.41) is 6.78.